The Hall–Kier alpha value is -3.13. The molecule has 3 rings (SSSR count). The third-order valence-electron chi connectivity index (χ3n) is 4.13. The summed E-state index contributed by atoms with van der Waals surface area (Å²) in [6.45, 7) is 0.882. The van der Waals surface area contributed by atoms with Crippen LogP contribution in [0.4, 0.5) is 10.1 Å². The summed E-state index contributed by atoms with van der Waals surface area (Å²) in [6.07, 6.45) is -0.268. The van der Waals surface area contributed by atoms with E-state index in [1.165, 1.54) is 18.2 Å². The number of benzene rings is 2. The summed E-state index contributed by atoms with van der Waals surface area (Å²) in [5.74, 6) is 0.438. The second-order valence-electron chi connectivity index (χ2n) is 6.67. The Labute approximate surface area is 162 Å². The summed E-state index contributed by atoms with van der Waals surface area (Å²) >= 11 is 0. The zero-order valence-corrected chi connectivity index (χ0v) is 15.5. The van der Waals surface area contributed by atoms with Crippen LogP contribution in [-0.2, 0) is 9.59 Å². The lowest BCUT2D eigenvalue weighted by atomic mass is 10.2. The van der Waals surface area contributed by atoms with Gasteiger partial charge in [-0.3, -0.25) is 9.59 Å². The predicted octanol–water partition coefficient (Wildman–Crippen LogP) is 0.235. The maximum atomic E-state index is 13.1. The molecule has 0 radical (unpaired) electrons. The number of carbonyl (C=O) groups excluding carboxylic acids is 2. The van der Waals surface area contributed by atoms with Crippen molar-refractivity contribution in [3.63, 3.8) is 0 Å². The van der Waals surface area contributed by atoms with E-state index in [1.54, 1.807) is 13.1 Å². The number of rotatable bonds is 7. The van der Waals surface area contributed by atoms with Crippen LogP contribution in [0, 0.1) is 5.82 Å². The van der Waals surface area contributed by atoms with Gasteiger partial charge in [0.2, 0.25) is 0 Å². The van der Waals surface area contributed by atoms with Crippen LogP contribution in [0.2, 0.25) is 0 Å². The fourth-order valence-corrected chi connectivity index (χ4v) is 2.84. The van der Waals surface area contributed by atoms with Gasteiger partial charge < -0.3 is 25.0 Å². The van der Waals surface area contributed by atoms with Crippen molar-refractivity contribution in [2.24, 2.45) is 0 Å². The van der Waals surface area contributed by atoms with Crippen LogP contribution in [0.15, 0.2) is 48.5 Å². The fraction of sp³-hybridized carbons (Fsp3) is 0.300. The first-order valence-electron chi connectivity index (χ1n) is 9.01. The highest BCUT2D eigenvalue weighted by Gasteiger charge is 2.22. The molecule has 2 atom stereocenters. The standard InChI is InChI=1S/C20H22FN3O4/c1-24(12-20(26)23-15-6-4-5-14(21)9-15)11-19(25)22-10-16-13-27-17-7-2-3-8-18(17)28-16/h2-9,16H,10-13H2,1H3,(H,22,25)(H,23,26)/p+1/t16-/m1/s1. The normalized spacial score (nSPS) is 16.1. The van der Waals surface area contributed by atoms with Gasteiger partial charge in [0.05, 0.1) is 13.6 Å². The quantitative estimate of drug-likeness (QED) is 0.635. The summed E-state index contributed by atoms with van der Waals surface area (Å²) in [4.78, 5) is 24.8. The Bertz CT molecular complexity index is 846. The highest BCUT2D eigenvalue weighted by molar-refractivity contribution is 5.91. The first kappa shape index (κ1) is 19.6. The zero-order valence-electron chi connectivity index (χ0n) is 15.5. The fourth-order valence-electron chi connectivity index (χ4n) is 2.84. The van der Waals surface area contributed by atoms with Crippen LogP contribution < -0.4 is 25.0 Å². The topological polar surface area (TPSA) is 81.1 Å². The van der Waals surface area contributed by atoms with Gasteiger partial charge in [-0.15, -0.1) is 0 Å². The van der Waals surface area contributed by atoms with Crippen LogP contribution in [0.3, 0.4) is 0 Å². The Kier molecular flexibility index (Phi) is 6.44. The Balaban J connectivity index is 1.38. The van der Waals surface area contributed by atoms with Gasteiger partial charge in [0, 0.05) is 5.69 Å². The Morgan fingerprint density at radius 3 is 2.64 bits per heavy atom. The maximum Gasteiger partial charge on any atom is 0.279 e. The van der Waals surface area contributed by atoms with Crippen molar-refractivity contribution in [3.05, 3.63) is 54.3 Å². The second-order valence-corrected chi connectivity index (χ2v) is 6.67. The molecule has 2 aromatic rings. The van der Waals surface area contributed by atoms with Crippen LogP contribution in [-0.4, -0.2) is 51.2 Å². The molecular formula is C20H23FN3O4+. The molecule has 8 heteroatoms. The average Bonchev–Trinajstić information content (AvgIpc) is 2.66. The zero-order chi connectivity index (χ0) is 19.9. The van der Waals surface area contributed by atoms with Crippen LogP contribution in [0.5, 0.6) is 11.5 Å². The molecule has 2 amide bonds. The molecule has 0 saturated carbocycles. The number of halogens is 1. The number of fused-ring (bicyclic) bond motifs is 1. The molecule has 0 bridgehead atoms. The highest BCUT2D eigenvalue weighted by Crippen LogP contribution is 2.30. The van der Waals surface area contributed by atoms with Crippen molar-refractivity contribution in [3.8, 4) is 11.5 Å². The smallest absolute Gasteiger partial charge is 0.279 e. The van der Waals surface area contributed by atoms with E-state index in [0.717, 1.165) is 0 Å². The first-order chi connectivity index (χ1) is 13.5. The molecule has 0 aromatic heterocycles. The van der Waals surface area contributed by atoms with Gasteiger partial charge in [0.25, 0.3) is 11.8 Å². The number of amides is 2. The number of nitrogens with one attached hydrogen (secondary N) is 3. The summed E-state index contributed by atoms with van der Waals surface area (Å²) in [7, 11) is 1.74. The minimum atomic E-state index is -0.422. The van der Waals surface area contributed by atoms with Crippen molar-refractivity contribution in [2.75, 3.05) is 38.6 Å². The van der Waals surface area contributed by atoms with Crippen LogP contribution in [0.1, 0.15) is 0 Å². The molecule has 0 fully saturated rings. The van der Waals surface area contributed by atoms with E-state index in [9.17, 15) is 14.0 Å². The lowest BCUT2D eigenvalue weighted by Gasteiger charge is -2.26. The molecule has 1 aliphatic rings. The van der Waals surface area contributed by atoms with Gasteiger partial charge >= 0.3 is 0 Å². The molecule has 148 valence electrons. The number of quaternary nitrogens is 1. The van der Waals surface area contributed by atoms with Gasteiger partial charge in [0.1, 0.15) is 18.5 Å². The number of hydrogen-bond donors (Lipinski definition) is 3. The van der Waals surface area contributed by atoms with Gasteiger partial charge in [0.15, 0.2) is 24.6 Å². The maximum absolute atomic E-state index is 13.1. The summed E-state index contributed by atoms with van der Waals surface area (Å²) in [6, 6.07) is 13.0. The summed E-state index contributed by atoms with van der Waals surface area (Å²) in [5.41, 5.74) is 0.386. The average molecular weight is 388 g/mol. The summed E-state index contributed by atoms with van der Waals surface area (Å²) < 4.78 is 24.5. The van der Waals surface area contributed by atoms with E-state index < -0.39 is 5.82 Å². The molecule has 7 nitrogen and oxygen atoms in total. The van der Waals surface area contributed by atoms with Crippen molar-refractivity contribution in [2.45, 2.75) is 6.10 Å². The first-order valence-corrected chi connectivity index (χ1v) is 9.01. The highest BCUT2D eigenvalue weighted by atomic mass is 19.1. The largest absolute Gasteiger partial charge is 0.486 e. The summed E-state index contributed by atoms with van der Waals surface area (Å²) in [5, 5.41) is 5.41. The SMILES string of the molecule is C[NH+](CC(=O)NC[C@@H]1COc2ccccc2O1)CC(=O)Nc1cccc(F)c1. The molecule has 1 unspecified atom stereocenters. The molecule has 28 heavy (non-hydrogen) atoms. The van der Waals surface area contributed by atoms with E-state index in [1.807, 2.05) is 24.3 Å². The number of carbonyl (C=O) groups is 2. The third kappa shape index (κ3) is 5.68. The second kappa shape index (κ2) is 9.18. The number of anilines is 1. The van der Waals surface area contributed by atoms with E-state index in [-0.39, 0.29) is 31.0 Å². The minimum absolute atomic E-state index is 0.0837. The lowest BCUT2D eigenvalue weighted by Crippen LogP contribution is -3.11. The van der Waals surface area contributed by atoms with Gasteiger partial charge in [-0.2, -0.15) is 0 Å². The number of para-hydroxylation sites is 2. The molecule has 1 aliphatic heterocycles. The minimum Gasteiger partial charge on any atom is -0.486 e. The van der Waals surface area contributed by atoms with Crippen molar-refractivity contribution in [1.82, 2.24) is 5.32 Å². The predicted molar refractivity (Wildman–Crippen MR) is 101 cm³/mol. The lowest BCUT2D eigenvalue weighted by molar-refractivity contribution is -0.862. The van der Waals surface area contributed by atoms with Gasteiger partial charge in [-0.1, -0.05) is 18.2 Å². The molecule has 0 spiro atoms. The Morgan fingerprint density at radius 1 is 1.11 bits per heavy atom. The molecule has 2 aromatic carbocycles. The van der Waals surface area contributed by atoms with E-state index in [2.05, 4.69) is 10.6 Å². The van der Waals surface area contributed by atoms with E-state index in [0.29, 0.717) is 35.2 Å². The molecule has 3 N–H and O–H groups in total. The third-order valence-corrected chi connectivity index (χ3v) is 4.13. The Morgan fingerprint density at radius 2 is 1.86 bits per heavy atom. The van der Waals surface area contributed by atoms with Crippen molar-refractivity contribution < 1.29 is 28.4 Å². The molecule has 0 saturated heterocycles. The van der Waals surface area contributed by atoms with Gasteiger partial charge in [-0.05, 0) is 30.3 Å². The van der Waals surface area contributed by atoms with E-state index >= 15 is 0 Å². The van der Waals surface area contributed by atoms with E-state index in [4.69, 9.17) is 9.47 Å². The molecule has 0 aliphatic carbocycles. The van der Waals surface area contributed by atoms with Crippen molar-refractivity contribution in [1.29, 1.82) is 0 Å². The molecular weight excluding hydrogens is 365 g/mol. The van der Waals surface area contributed by atoms with Crippen molar-refractivity contribution >= 4 is 17.5 Å². The molecule has 1 heterocycles. The van der Waals surface area contributed by atoms with Crippen LogP contribution >= 0.6 is 0 Å². The van der Waals surface area contributed by atoms with Gasteiger partial charge in [-0.25, -0.2) is 4.39 Å². The number of hydrogen-bond acceptors (Lipinski definition) is 4. The monoisotopic (exact) mass is 388 g/mol. The number of likely N-dealkylation sites (N-methyl/N-ethyl adjacent to an activating group) is 1. The van der Waals surface area contributed by atoms with Crippen LogP contribution in [0.25, 0.3) is 0 Å². The number of ether oxygens (including phenoxy) is 2.